The number of methoxy groups -OCH3 is 1. The Hall–Kier alpha value is -3.16. The maximum Gasteiger partial charge on any atom is 0.262 e. The molecule has 0 aliphatic carbocycles. The zero-order valence-electron chi connectivity index (χ0n) is 18.0. The van der Waals surface area contributed by atoms with Crippen molar-refractivity contribution < 1.29 is 19.1 Å². The fourth-order valence-electron chi connectivity index (χ4n) is 3.59. The van der Waals surface area contributed by atoms with E-state index in [9.17, 15) is 9.59 Å². The second kappa shape index (κ2) is 10.6. The summed E-state index contributed by atoms with van der Waals surface area (Å²) in [4.78, 5) is 26.6. The van der Waals surface area contributed by atoms with Crippen molar-refractivity contribution in [3.63, 3.8) is 0 Å². The van der Waals surface area contributed by atoms with Crippen molar-refractivity contribution in [2.75, 3.05) is 24.8 Å². The van der Waals surface area contributed by atoms with Gasteiger partial charge in [-0.2, -0.15) is 0 Å². The van der Waals surface area contributed by atoms with Crippen molar-refractivity contribution in [3.8, 4) is 11.5 Å². The van der Waals surface area contributed by atoms with Gasteiger partial charge in [0.1, 0.15) is 11.5 Å². The van der Waals surface area contributed by atoms with Crippen molar-refractivity contribution in [1.82, 2.24) is 5.32 Å². The van der Waals surface area contributed by atoms with Gasteiger partial charge >= 0.3 is 0 Å². The molecule has 3 aromatic rings. The van der Waals surface area contributed by atoms with Gasteiger partial charge in [-0.1, -0.05) is 41.9 Å². The van der Waals surface area contributed by atoms with Crippen LogP contribution < -0.4 is 20.1 Å². The topological polar surface area (TPSA) is 76.7 Å². The first-order chi connectivity index (χ1) is 16.0. The van der Waals surface area contributed by atoms with Crippen LogP contribution in [0, 0.1) is 0 Å². The first-order valence-corrected chi connectivity index (χ1v) is 11.8. The number of halogens is 1. The van der Waals surface area contributed by atoms with E-state index in [0.29, 0.717) is 27.8 Å². The molecule has 0 saturated carbocycles. The van der Waals surface area contributed by atoms with Gasteiger partial charge in [-0.15, -0.1) is 11.8 Å². The van der Waals surface area contributed by atoms with E-state index in [1.807, 2.05) is 18.2 Å². The largest absolute Gasteiger partial charge is 0.495 e. The number of amides is 2. The zero-order valence-corrected chi connectivity index (χ0v) is 19.5. The number of para-hydroxylation sites is 1. The summed E-state index contributed by atoms with van der Waals surface area (Å²) in [6.07, 6.45) is 0.850. The number of hydrogen-bond acceptors (Lipinski definition) is 5. The van der Waals surface area contributed by atoms with Crippen LogP contribution in [0.3, 0.4) is 0 Å². The number of anilines is 1. The highest BCUT2D eigenvalue weighted by atomic mass is 35.5. The molecule has 0 unspecified atom stereocenters. The van der Waals surface area contributed by atoms with Gasteiger partial charge in [0.25, 0.3) is 11.8 Å². The lowest BCUT2D eigenvalue weighted by molar-refractivity contribution is -0.118. The maximum absolute atomic E-state index is 13.1. The Kier molecular flexibility index (Phi) is 7.42. The lowest BCUT2D eigenvalue weighted by Gasteiger charge is -2.26. The molecule has 1 atom stereocenters. The number of ether oxygens (including phenoxy) is 2. The van der Waals surface area contributed by atoms with Gasteiger partial charge in [0, 0.05) is 16.3 Å². The van der Waals surface area contributed by atoms with Crippen LogP contribution in [-0.4, -0.2) is 31.3 Å². The molecule has 3 aromatic carbocycles. The van der Waals surface area contributed by atoms with Crippen LogP contribution in [-0.2, 0) is 4.79 Å². The molecule has 0 aromatic heterocycles. The average Bonchev–Trinajstić information content (AvgIpc) is 2.83. The molecule has 1 aliphatic heterocycles. The van der Waals surface area contributed by atoms with Crippen LogP contribution in [0.1, 0.15) is 28.4 Å². The van der Waals surface area contributed by atoms with E-state index >= 15 is 0 Å². The quantitative estimate of drug-likeness (QED) is 0.475. The fraction of sp³-hybridized carbons (Fsp3) is 0.200. The molecule has 2 N–H and O–H groups in total. The number of carbonyl (C=O) groups excluding carboxylic acids is 2. The summed E-state index contributed by atoms with van der Waals surface area (Å²) in [5.74, 6) is 1.20. The third-order valence-electron chi connectivity index (χ3n) is 5.19. The Bertz CT molecular complexity index is 1170. The third kappa shape index (κ3) is 5.61. The van der Waals surface area contributed by atoms with E-state index < -0.39 is 0 Å². The van der Waals surface area contributed by atoms with Crippen LogP contribution >= 0.6 is 23.4 Å². The first-order valence-electron chi connectivity index (χ1n) is 10.4. The molecule has 0 bridgehead atoms. The monoisotopic (exact) mass is 482 g/mol. The van der Waals surface area contributed by atoms with Gasteiger partial charge in [-0.25, -0.2) is 0 Å². The smallest absolute Gasteiger partial charge is 0.262 e. The number of hydrogen-bond donors (Lipinski definition) is 2. The number of rotatable bonds is 7. The standard InChI is InChI=1S/C25H23ClN2O4S/c1-31-22-11-10-16(14-19(22)26)27-24(29)15-32-21-8-4-2-7-18(21)25(30)28-20-12-13-33-23-9-5-3-6-17(20)23/h2-11,14,20H,12-13,15H2,1H3,(H,27,29)(H,28,30)/t20-/m1/s1. The molecule has 170 valence electrons. The van der Waals surface area contributed by atoms with E-state index in [4.69, 9.17) is 21.1 Å². The molecule has 0 fully saturated rings. The van der Waals surface area contributed by atoms with Crippen molar-refractivity contribution in [2.24, 2.45) is 0 Å². The average molecular weight is 483 g/mol. The van der Waals surface area contributed by atoms with Gasteiger partial charge in [-0.3, -0.25) is 9.59 Å². The molecule has 8 heteroatoms. The molecule has 0 radical (unpaired) electrons. The molecule has 33 heavy (non-hydrogen) atoms. The molecular weight excluding hydrogens is 460 g/mol. The molecular formula is C25H23ClN2O4S. The Morgan fingerprint density at radius 2 is 1.85 bits per heavy atom. The molecule has 0 saturated heterocycles. The summed E-state index contributed by atoms with van der Waals surface area (Å²) in [5.41, 5.74) is 2.03. The minimum atomic E-state index is -0.371. The third-order valence-corrected chi connectivity index (χ3v) is 6.61. The van der Waals surface area contributed by atoms with E-state index in [-0.39, 0.29) is 24.5 Å². The maximum atomic E-state index is 13.1. The van der Waals surface area contributed by atoms with Gasteiger partial charge in [0.05, 0.1) is 23.7 Å². The van der Waals surface area contributed by atoms with Gasteiger partial charge in [-0.05, 0) is 48.4 Å². The molecule has 1 aliphatic rings. The molecule has 4 rings (SSSR count). The zero-order chi connectivity index (χ0) is 23.2. The summed E-state index contributed by atoms with van der Waals surface area (Å²) < 4.78 is 10.8. The Balaban J connectivity index is 1.40. The van der Waals surface area contributed by atoms with Crippen LogP contribution in [0.5, 0.6) is 11.5 Å². The fourth-order valence-corrected chi connectivity index (χ4v) is 4.98. The molecule has 1 heterocycles. The van der Waals surface area contributed by atoms with Crippen LogP contribution in [0.2, 0.25) is 5.02 Å². The minimum Gasteiger partial charge on any atom is -0.495 e. The van der Waals surface area contributed by atoms with E-state index in [0.717, 1.165) is 17.7 Å². The number of benzene rings is 3. The predicted octanol–water partition coefficient (Wildman–Crippen LogP) is 5.33. The molecule has 6 nitrogen and oxygen atoms in total. The first kappa shape index (κ1) is 23.0. The van der Waals surface area contributed by atoms with Crippen molar-refractivity contribution in [1.29, 1.82) is 0 Å². The summed E-state index contributed by atoms with van der Waals surface area (Å²) in [6.45, 7) is -0.253. The van der Waals surface area contributed by atoms with Gasteiger partial charge in [0.15, 0.2) is 6.61 Å². The summed E-state index contributed by atoms with van der Waals surface area (Å²) in [7, 11) is 1.52. The van der Waals surface area contributed by atoms with Crippen LogP contribution in [0.25, 0.3) is 0 Å². The van der Waals surface area contributed by atoms with Crippen molar-refractivity contribution in [2.45, 2.75) is 17.4 Å². The summed E-state index contributed by atoms with van der Waals surface area (Å²) in [6, 6.07) is 19.9. The van der Waals surface area contributed by atoms with Crippen LogP contribution in [0.4, 0.5) is 5.69 Å². The predicted molar refractivity (Wildman–Crippen MR) is 131 cm³/mol. The summed E-state index contributed by atoms with van der Waals surface area (Å²) in [5, 5.41) is 6.23. The van der Waals surface area contributed by atoms with E-state index in [2.05, 4.69) is 16.7 Å². The number of thioether (sulfide) groups is 1. The number of nitrogens with one attached hydrogen (secondary N) is 2. The summed E-state index contributed by atoms with van der Waals surface area (Å²) >= 11 is 7.90. The lowest BCUT2D eigenvalue weighted by atomic mass is 10.0. The van der Waals surface area contributed by atoms with E-state index in [1.54, 1.807) is 54.2 Å². The molecule has 2 amide bonds. The van der Waals surface area contributed by atoms with Crippen molar-refractivity contribution >= 4 is 40.9 Å². The Labute approximate surface area is 201 Å². The van der Waals surface area contributed by atoms with Crippen LogP contribution in [0.15, 0.2) is 71.6 Å². The second-order valence-electron chi connectivity index (χ2n) is 7.38. The normalized spacial score (nSPS) is 14.7. The van der Waals surface area contributed by atoms with Gasteiger partial charge in [0.2, 0.25) is 0 Å². The highest BCUT2D eigenvalue weighted by Crippen LogP contribution is 2.36. The molecule has 0 spiro atoms. The van der Waals surface area contributed by atoms with Gasteiger partial charge < -0.3 is 20.1 Å². The van der Waals surface area contributed by atoms with Crippen molar-refractivity contribution in [3.05, 3.63) is 82.9 Å². The lowest BCUT2D eigenvalue weighted by Crippen LogP contribution is -2.31. The van der Waals surface area contributed by atoms with E-state index in [1.165, 1.54) is 12.0 Å². The highest BCUT2D eigenvalue weighted by molar-refractivity contribution is 7.99. The highest BCUT2D eigenvalue weighted by Gasteiger charge is 2.23. The Morgan fingerprint density at radius 1 is 1.06 bits per heavy atom. The number of carbonyl (C=O) groups is 2. The number of fused-ring (bicyclic) bond motifs is 1. The SMILES string of the molecule is COc1ccc(NC(=O)COc2ccccc2C(=O)N[C@@H]2CCSc3ccccc32)cc1Cl. The Morgan fingerprint density at radius 3 is 2.67 bits per heavy atom. The second-order valence-corrected chi connectivity index (χ2v) is 8.93. The minimum absolute atomic E-state index is 0.0638.